The van der Waals surface area contributed by atoms with Crippen molar-refractivity contribution in [2.24, 2.45) is 0 Å². The quantitative estimate of drug-likeness (QED) is 0.725. The minimum absolute atomic E-state index is 0.0312. The van der Waals surface area contributed by atoms with Crippen LogP contribution in [0.15, 0.2) is 40.6 Å². The fourth-order valence-corrected chi connectivity index (χ4v) is 3.84. The molecule has 0 atom stereocenters. The van der Waals surface area contributed by atoms with Crippen LogP contribution in [0.4, 0.5) is 0 Å². The SMILES string of the molecule is CC(C)N(CCO)C(=O)c1cnc2scc(-c3ccccc3Cl)n2c1=O. The van der Waals surface area contributed by atoms with Crippen molar-refractivity contribution in [2.75, 3.05) is 13.2 Å². The minimum atomic E-state index is -0.447. The predicted molar refractivity (Wildman–Crippen MR) is 103 cm³/mol. The molecule has 0 radical (unpaired) electrons. The maximum Gasteiger partial charge on any atom is 0.271 e. The third-order valence-electron chi connectivity index (χ3n) is 4.05. The number of aromatic nitrogens is 2. The molecule has 2 heterocycles. The fraction of sp³-hybridized carbons (Fsp3) is 0.278. The fourth-order valence-electron chi connectivity index (χ4n) is 2.75. The van der Waals surface area contributed by atoms with Gasteiger partial charge in [0.2, 0.25) is 0 Å². The summed E-state index contributed by atoms with van der Waals surface area (Å²) in [4.78, 5) is 32.1. The molecule has 0 spiro atoms. The molecule has 0 aliphatic carbocycles. The van der Waals surface area contributed by atoms with Crippen molar-refractivity contribution >= 4 is 33.8 Å². The average Bonchev–Trinajstić information content (AvgIpc) is 3.04. The second kappa shape index (κ2) is 7.57. The summed E-state index contributed by atoms with van der Waals surface area (Å²) in [6, 6.07) is 7.05. The van der Waals surface area contributed by atoms with Crippen LogP contribution in [0.2, 0.25) is 5.02 Å². The number of fused-ring (bicyclic) bond motifs is 1. The van der Waals surface area contributed by atoms with Crippen molar-refractivity contribution in [1.82, 2.24) is 14.3 Å². The van der Waals surface area contributed by atoms with E-state index in [9.17, 15) is 14.7 Å². The van der Waals surface area contributed by atoms with E-state index in [0.717, 1.165) is 0 Å². The zero-order valence-corrected chi connectivity index (χ0v) is 15.9. The lowest BCUT2D eigenvalue weighted by Crippen LogP contribution is -2.41. The van der Waals surface area contributed by atoms with E-state index in [0.29, 0.717) is 21.2 Å². The molecule has 6 nitrogen and oxygen atoms in total. The summed E-state index contributed by atoms with van der Waals surface area (Å²) in [6.07, 6.45) is 1.31. The number of nitrogens with zero attached hydrogens (tertiary/aromatic N) is 3. The van der Waals surface area contributed by atoms with Gasteiger partial charge in [0.15, 0.2) is 4.96 Å². The summed E-state index contributed by atoms with van der Waals surface area (Å²) < 4.78 is 1.41. The highest BCUT2D eigenvalue weighted by molar-refractivity contribution is 7.15. The lowest BCUT2D eigenvalue weighted by Gasteiger charge is -2.25. The molecule has 8 heteroatoms. The normalized spacial score (nSPS) is 11.3. The molecule has 0 fully saturated rings. The molecular formula is C18H18ClN3O3S. The number of thiazole rings is 1. The summed E-state index contributed by atoms with van der Waals surface area (Å²) in [7, 11) is 0. The predicted octanol–water partition coefficient (Wildman–Crippen LogP) is 2.92. The molecule has 1 aromatic carbocycles. The number of aliphatic hydroxyl groups is 1. The largest absolute Gasteiger partial charge is 0.395 e. The number of benzene rings is 1. The van der Waals surface area contributed by atoms with E-state index in [4.69, 9.17) is 11.6 Å². The lowest BCUT2D eigenvalue weighted by atomic mass is 10.1. The molecule has 0 aliphatic heterocycles. The van der Waals surface area contributed by atoms with Crippen molar-refractivity contribution in [2.45, 2.75) is 19.9 Å². The summed E-state index contributed by atoms with van der Waals surface area (Å²) in [5.74, 6) is -0.447. The smallest absolute Gasteiger partial charge is 0.271 e. The van der Waals surface area contributed by atoms with Gasteiger partial charge in [0, 0.05) is 34.7 Å². The lowest BCUT2D eigenvalue weighted by molar-refractivity contribution is 0.0663. The number of hydrogen-bond donors (Lipinski definition) is 1. The van der Waals surface area contributed by atoms with Crippen LogP contribution < -0.4 is 5.56 Å². The molecule has 0 aliphatic rings. The van der Waals surface area contributed by atoms with Gasteiger partial charge in [0.25, 0.3) is 11.5 Å². The highest BCUT2D eigenvalue weighted by atomic mass is 35.5. The van der Waals surface area contributed by atoms with Gasteiger partial charge in [-0.15, -0.1) is 11.3 Å². The van der Waals surface area contributed by atoms with Crippen molar-refractivity contribution < 1.29 is 9.90 Å². The minimum Gasteiger partial charge on any atom is -0.395 e. The molecule has 3 rings (SSSR count). The summed E-state index contributed by atoms with van der Waals surface area (Å²) in [6.45, 7) is 3.64. The number of carbonyl (C=O) groups excluding carboxylic acids is 1. The molecule has 0 unspecified atom stereocenters. The third kappa shape index (κ3) is 3.25. The molecule has 0 saturated carbocycles. The van der Waals surface area contributed by atoms with Crippen LogP contribution in [0, 0.1) is 0 Å². The molecular weight excluding hydrogens is 374 g/mol. The van der Waals surface area contributed by atoms with Crippen molar-refractivity contribution in [3.05, 3.63) is 56.8 Å². The van der Waals surface area contributed by atoms with Gasteiger partial charge in [-0.2, -0.15) is 0 Å². The highest BCUT2D eigenvalue weighted by Crippen LogP contribution is 2.30. The monoisotopic (exact) mass is 391 g/mol. The number of carbonyl (C=O) groups is 1. The van der Waals surface area contributed by atoms with E-state index >= 15 is 0 Å². The molecule has 136 valence electrons. The van der Waals surface area contributed by atoms with Crippen LogP contribution in [-0.2, 0) is 0 Å². The van der Waals surface area contributed by atoms with Crippen LogP contribution in [0.5, 0.6) is 0 Å². The Labute approximate surface area is 159 Å². The molecule has 3 aromatic rings. The summed E-state index contributed by atoms with van der Waals surface area (Å²) in [5, 5.41) is 11.5. The molecule has 26 heavy (non-hydrogen) atoms. The van der Waals surface area contributed by atoms with Gasteiger partial charge in [0.05, 0.1) is 12.3 Å². The van der Waals surface area contributed by atoms with Crippen LogP contribution in [-0.4, -0.2) is 44.5 Å². The van der Waals surface area contributed by atoms with Gasteiger partial charge in [-0.05, 0) is 19.9 Å². The molecule has 0 saturated heterocycles. The Bertz CT molecular complexity index is 1010. The van der Waals surface area contributed by atoms with Gasteiger partial charge in [-0.1, -0.05) is 29.8 Å². The maximum atomic E-state index is 13.0. The van der Waals surface area contributed by atoms with Gasteiger partial charge in [-0.3, -0.25) is 14.0 Å². The topological polar surface area (TPSA) is 74.9 Å². The van der Waals surface area contributed by atoms with Crippen molar-refractivity contribution in [1.29, 1.82) is 0 Å². The van der Waals surface area contributed by atoms with E-state index in [2.05, 4.69) is 4.98 Å². The molecule has 2 aromatic heterocycles. The third-order valence-corrected chi connectivity index (χ3v) is 5.22. The summed E-state index contributed by atoms with van der Waals surface area (Å²) in [5.41, 5.74) is 0.821. The second-order valence-corrected chi connectivity index (χ2v) is 7.26. The molecule has 1 N–H and O–H groups in total. The Morgan fingerprint density at radius 1 is 1.38 bits per heavy atom. The van der Waals surface area contributed by atoms with E-state index < -0.39 is 11.5 Å². The Morgan fingerprint density at radius 3 is 2.77 bits per heavy atom. The maximum absolute atomic E-state index is 13.0. The zero-order chi connectivity index (χ0) is 18.8. The van der Waals surface area contributed by atoms with E-state index in [1.807, 2.05) is 32.0 Å². The second-order valence-electron chi connectivity index (χ2n) is 6.01. The van der Waals surface area contributed by atoms with Gasteiger partial charge in [0.1, 0.15) is 5.56 Å². The van der Waals surface area contributed by atoms with Gasteiger partial charge in [-0.25, -0.2) is 4.98 Å². The van der Waals surface area contributed by atoms with E-state index in [1.165, 1.54) is 26.8 Å². The van der Waals surface area contributed by atoms with Gasteiger partial charge < -0.3 is 10.0 Å². The number of aliphatic hydroxyl groups excluding tert-OH is 1. The zero-order valence-electron chi connectivity index (χ0n) is 14.3. The van der Waals surface area contributed by atoms with E-state index in [-0.39, 0.29) is 24.8 Å². The number of rotatable bonds is 5. The Morgan fingerprint density at radius 2 is 2.12 bits per heavy atom. The van der Waals surface area contributed by atoms with E-state index in [1.54, 1.807) is 11.4 Å². The van der Waals surface area contributed by atoms with Crippen LogP contribution in [0.25, 0.3) is 16.2 Å². The molecule has 1 amide bonds. The average molecular weight is 392 g/mol. The first kappa shape index (κ1) is 18.6. The van der Waals surface area contributed by atoms with Crippen LogP contribution in [0.3, 0.4) is 0 Å². The van der Waals surface area contributed by atoms with Crippen LogP contribution in [0.1, 0.15) is 24.2 Å². The molecule has 0 bridgehead atoms. The van der Waals surface area contributed by atoms with Gasteiger partial charge >= 0.3 is 0 Å². The van der Waals surface area contributed by atoms with Crippen LogP contribution >= 0.6 is 22.9 Å². The standard InChI is InChI=1S/C18H18ClN3O3S/c1-11(2)21(7-8-23)16(24)13-9-20-18-22(17(13)25)15(10-26-18)12-5-3-4-6-14(12)19/h3-6,9-11,23H,7-8H2,1-2H3. The van der Waals surface area contributed by atoms with Crippen molar-refractivity contribution in [3.63, 3.8) is 0 Å². The first-order valence-electron chi connectivity index (χ1n) is 8.11. The Hall–Kier alpha value is -2.22. The Balaban J connectivity index is 2.17. The Kier molecular flexibility index (Phi) is 5.41. The summed E-state index contributed by atoms with van der Waals surface area (Å²) >= 11 is 7.58. The number of halogens is 1. The number of amides is 1. The first-order valence-corrected chi connectivity index (χ1v) is 9.37. The number of hydrogen-bond acceptors (Lipinski definition) is 5. The first-order chi connectivity index (χ1) is 12.5. The van der Waals surface area contributed by atoms with Crippen molar-refractivity contribution in [3.8, 4) is 11.3 Å². The highest BCUT2D eigenvalue weighted by Gasteiger charge is 2.23.